The Morgan fingerprint density at radius 2 is 2.22 bits per heavy atom. The largest absolute Gasteiger partial charge is 0.435 e. The molecule has 2 heterocycles. The number of anilines is 1. The molecule has 3 rings (SSSR count). The van der Waals surface area contributed by atoms with Crippen molar-refractivity contribution in [3.05, 3.63) is 40.8 Å². The summed E-state index contributed by atoms with van der Waals surface area (Å²) >= 11 is 0. The normalized spacial score (nSPS) is 17.1. The molecular formula is C14H14F3N5O. The van der Waals surface area contributed by atoms with Gasteiger partial charge in [-0.2, -0.15) is 18.3 Å². The van der Waals surface area contributed by atoms with E-state index in [1.54, 1.807) is 6.07 Å². The van der Waals surface area contributed by atoms with Gasteiger partial charge in [0.05, 0.1) is 11.6 Å². The van der Waals surface area contributed by atoms with E-state index in [1.807, 2.05) is 0 Å². The molecule has 0 aliphatic heterocycles. The molecule has 9 heteroatoms. The summed E-state index contributed by atoms with van der Waals surface area (Å²) in [5.74, 6) is -0.421. The second-order valence-electron chi connectivity index (χ2n) is 5.39. The minimum atomic E-state index is -4.68. The van der Waals surface area contributed by atoms with Gasteiger partial charge in [-0.3, -0.25) is 9.48 Å². The number of fused-ring (bicyclic) bond motifs is 1. The molecule has 1 unspecified atom stereocenters. The third-order valence-corrected chi connectivity index (χ3v) is 3.83. The number of aryl methyl sites for hydroxylation is 1. The summed E-state index contributed by atoms with van der Waals surface area (Å²) in [4.78, 5) is 16.2. The summed E-state index contributed by atoms with van der Waals surface area (Å²) in [6.45, 7) is 0. The van der Waals surface area contributed by atoms with E-state index in [2.05, 4.69) is 15.4 Å². The van der Waals surface area contributed by atoms with Gasteiger partial charge in [0.25, 0.3) is 5.91 Å². The van der Waals surface area contributed by atoms with Crippen molar-refractivity contribution in [1.29, 1.82) is 0 Å². The van der Waals surface area contributed by atoms with Crippen molar-refractivity contribution in [1.82, 2.24) is 20.1 Å². The Morgan fingerprint density at radius 1 is 1.48 bits per heavy atom. The van der Waals surface area contributed by atoms with Crippen molar-refractivity contribution in [2.75, 3.05) is 5.73 Å². The van der Waals surface area contributed by atoms with Crippen LogP contribution >= 0.6 is 0 Å². The average molecular weight is 325 g/mol. The number of nitrogens with two attached hydrogens (primary N) is 1. The SMILES string of the molecule is Cn1cc(C(=O)NC2CCc3c2ccnc3N)c(C(F)(F)F)n1. The highest BCUT2D eigenvalue weighted by molar-refractivity contribution is 5.95. The minimum Gasteiger partial charge on any atom is -0.383 e. The molecule has 3 N–H and O–H groups in total. The van der Waals surface area contributed by atoms with Gasteiger partial charge in [-0.05, 0) is 30.0 Å². The Morgan fingerprint density at radius 3 is 2.91 bits per heavy atom. The third kappa shape index (κ3) is 2.73. The monoisotopic (exact) mass is 325 g/mol. The summed E-state index contributed by atoms with van der Waals surface area (Å²) in [6.07, 6.45) is -0.910. The van der Waals surface area contributed by atoms with E-state index in [0.29, 0.717) is 18.7 Å². The molecule has 2 aromatic heterocycles. The maximum atomic E-state index is 12.9. The van der Waals surface area contributed by atoms with Crippen LogP contribution in [0.1, 0.15) is 39.6 Å². The number of hydrogen-bond acceptors (Lipinski definition) is 4. The van der Waals surface area contributed by atoms with Gasteiger partial charge in [0.15, 0.2) is 5.69 Å². The first-order valence-corrected chi connectivity index (χ1v) is 6.92. The lowest BCUT2D eigenvalue weighted by Crippen LogP contribution is -2.28. The molecule has 6 nitrogen and oxygen atoms in total. The van der Waals surface area contributed by atoms with Crippen molar-refractivity contribution < 1.29 is 18.0 Å². The molecule has 1 aliphatic rings. The topological polar surface area (TPSA) is 85.8 Å². The van der Waals surface area contributed by atoms with Crippen molar-refractivity contribution in [3.63, 3.8) is 0 Å². The molecule has 0 aromatic carbocycles. The van der Waals surface area contributed by atoms with Crippen LogP contribution in [0.25, 0.3) is 0 Å². The van der Waals surface area contributed by atoms with Crippen molar-refractivity contribution in [2.45, 2.75) is 25.1 Å². The Balaban J connectivity index is 1.87. The summed E-state index contributed by atoms with van der Waals surface area (Å²) < 4.78 is 39.8. The zero-order valence-electron chi connectivity index (χ0n) is 12.2. The highest BCUT2D eigenvalue weighted by atomic mass is 19.4. The van der Waals surface area contributed by atoms with Gasteiger partial charge in [0.2, 0.25) is 0 Å². The Kier molecular flexibility index (Phi) is 3.50. The number of rotatable bonds is 2. The second-order valence-corrected chi connectivity index (χ2v) is 5.39. The first-order valence-electron chi connectivity index (χ1n) is 6.92. The van der Waals surface area contributed by atoms with Crippen molar-refractivity contribution >= 4 is 11.7 Å². The van der Waals surface area contributed by atoms with Crippen LogP contribution in [0.15, 0.2) is 18.5 Å². The number of nitrogens with one attached hydrogen (secondary N) is 1. The van der Waals surface area contributed by atoms with Crippen LogP contribution in [0.4, 0.5) is 19.0 Å². The van der Waals surface area contributed by atoms with Gasteiger partial charge in [0, 0.05) is 19.4 Å². The lowest BCUT2D eigenvalue weighted by atomic mass is 10.1. The molecule has 1 aliphatic carbocycles. The second kappa shape index (κ2) is 5.25. The number of nitrogens with zero attached hydrogens (tertiary/aromatic N) is 3. The molecule has 1 atom stereocenters. The molecule has 23 heavy (non-hydrogen) atoms. The number of carbonyl (C=O) groups is 1. The Labute approximate surface area is 129 Å². The maximum Gasteiger partial charge on any atom is 0.435 e. The Hall–Kier alpha value is -2.58. The van der Waals surface area contributed by atoms with Gasteiger partial charge in [0.1, 0.15) is 5.82 Å². The number of carbonyl (C=O) groups excluding carboxylic acids is 1. The third-order valence-electron chi connectivity index (χ3n) is 3.83. The van der Waals surface area contributed by atoms with Gasteiger partial charge >= 0.3 is 6.18 Å². The van der Waals surface area contributed by atoms with Crippen molar-refractivity contribution in [2.24, 2.45) is 7.05 Å². The van der Waals surface area contributed by atoms with Crippen LogP contribution < -0.4 is 11.1 Å². The molecule has 0 saturated carbocycles. The molecule has 0 radical (unpaired) electrons. The van der Waals surface area contributed by atoms with Crippen LogP contribution in [0.5, 0.6) is 0 Å². The number of alkyl halides is 3. The standard InChI is InChI=1S/C14H14F3N5O/c1-22-6-9(11(21-22)14(15,16)17)13(23)20-10-3-2-8-7(10)4-5-19-12(8)18/h4-6,10H,2-3H2,1H3,(H2,18,19)(H,20,23). The number of hydrogen-bond donors (Lipinski definition) is 2. The molecule has 0 spiro atoms. The van der Waals surface area contributed by atoms with Crippen LogP contribution in [0.2, 0.25) is 0 Å². The average Bonchev–Trinajstić information content (AvgIpc) is 3.04. The molecular weight excluding hydrogens is 311 g/mol. The highest BCUT2D eigenvalue weighted by Crippen LogP contribution is 2.35. The number of pyridine rings is 1. The minimum absolute atomic E-state index is 0.385. The summed E-state index contributed by atoms with van der Waals surface area (Å²) in [5.41, 5.74) is 5.72. The smallest absolute Gasteiger partial charge is 0.383 e. The number of nitrogen functional groups attached to an aromatic ring is 1. The van der Waals surface area contributed by atoms with Gasteiger partial charge in [-0.1, -0.05) is 0 Å². The zero-order chi connectivity index (χ0) is 16.8. The first kappa shape index (κ1) is 15.3. The summed E-state index contributed by atoms with van der Waals surface area (Å²) in [6, 6.07) is 1.33. The van der Waals surface area contributed by atoms with Gasteiger partial charge in [-0.25, -0.2) is 4.98 Å². The lowest BCUT2D eigenvalue weighted by molar-refractivity contribution is -0.141. The predicted molar refractivity (Wildman–Crippen MR) is 75.4 cm³/mol. The van der Waals surface area contributed by atoms with E-state index in [-0.39, 0.29) is 6.04 Å². The lowest BCUT2D eigenvalue weighted by Gasteiger charge is -2.14. The van der Waals surface area contributed by atoms with Crippen LogP contribution in [-0.2, 0) is 19.6 Å². The summed E-state index contributed by atoms with van der Waals surface area (Å²) in [5, 5.41) is 5.97. The molecule has 122 valence electrons. The van der Waals surface area contributed by atoms with E-state index >= 15 is 0 Å². The fourth-order valence-electron chi connectivity index (χ4n) is 2.82. The molecule has 0 saturated heterocycles. The van der Waals surface area contributed by atoms with Crippen LogP contribution in [0, 0.1) is 0 Å². The van der Waals surface area contributed by atoms with E-state index in [4.69, 9.17) is 5.73 Å². The zero-order valence-corrected chi connectivity index (χ0v) is 12.2. The van der Waals surface area contributed by atoms with Crippen molar-refractivity contribution in [3.8, 4) is 0 Å². The highest BCUT2D eigenvalue weighted by Gasteiger charge is 2.39. The van der Waals surface area contributed by atoms with Gasteiger partial charge in [-0.15, -0.1) is 0 Å². The number of amides is 1. The van der Waals surface area contributed by atoms with Crippen LogP contribution in [-0.4, -0.2) is 20.7 Å². The maximum absolute atomic E-state index is 12.9. The quantitative estimate of drug-likeness (QED) is 0.882. The van der Waals surface area contributed by atoms with Gasteiger partial charge < -0.3 is 11.1 Å². The number of halogens is 3. The van der Waals surface area contributed by atoms with E-state index in [0.717, 1.165) is 22.0 Å². The fraction of sp³-hybridized carbons (Fsp3) is 0.357. The predicted octanol–water partition coefficient (Wildman–Crippen LogP) is 1.83. The van der Waals surface area contributed by atoms with Crippen LogP contribution in [0.3, 0.4) is 0 Å². The van der Waals surface area contributed by atoms with E-state index < -0.39 is 23.3 Å². The van der Waals surface area contributed by atoms with E-state index in [9.17, 15) is 18.0 Å². The fourth-order valence-corrected chi connectivity index (χ4v) is 2.82. The molecule has 1 amide bonds. The van der Waals surface area contributed by atoms with E-state index in [1.165, 1.54) is 13.2 Å². The molecule has 0 bridgehead atoms. The first-order chi connectivity index (χ1) is 10.8. The summed E-state index contributed by atoms with van der Waals surface area (Å²) in [7, 11) is 1.34. The molecule has 0 fully saturated rings. The number of aromatic nitrogens is 3. The Bertz CT molecular complexity index is 768. The molecule has 2 aromatic rings.